The maximum Gasteiger partial charge on any atom is 0.302 e. The smallest absolute Gasteiger partial charge is 0.302 e. The molecule has 0 aromatic heterocycles. The van der Waals surface area contributed by atoms with Gasteiger partial charge in [0.25, 0.3) is 0 Å². The van der Waals surface area contributed by atoms with Crippen LogP contribution in [0, 0.1) is 41.4 Å². The Morgan fingerprint density at radius 3 is 1.87 bits per heavy atom. The molecule has 306 valence electrons. The third kappa shape index (κ3) is 13.2. The molecule has 1 aliphatic heterocycles. The fourth-order valence-corrected chi connectivity index (χ4v) is 9.25. The maximum atomic E-state index is 13.9. The molecule has 10 atom stereocenters. The van der Waals surface area contributed by atoms with E-state index in [1.807, 2.05) is 31.2 Å². The first kappa shape index (κ1) is 46.2. The number of esters is 1. The first-order chi connectivity index (χ1) is 25.7. The highest BCUT2D eigenvalue weighted by molar-refractivity contribution is 7.91. The highest BCUT2D eigenvalue weighted by Gasteiger charge is 2.56. The lowest BCUT2D eigenvalue weighted by molar-refractivity contribution is -0.170. The highest BCUT2D eigenvalue weighted by Crippen LogP contribution is 2.40. The van der Waals surface area contributed by atoms with Crippen LogP contribution in [0.5, 0.6) is 0 Å². The van der Waals surface area contributed by atoms with Gasteiger partial charge in [-0.1, -0.05) is 113 Å². The van der Waals surface area contributed by atoms with Crippen molar-refractivity contribution in [3.63, 3.8) is 0 Å². The normalized spacial score (nSPS) is 31.1. The van der Waals surface area contributed by atoms with Crippen molar-refractivity contribution >= 4 is 27.4 Å². The molecule has 3 aliphatic rings. The Bertz CT molecular complexity index is 1680. The number of sulfone groups is 1. The second-order valence-corrected chi connectivity index (χ2v) is 18.8. The van der Waals surface area contributed by atoms with Crippen molar-refractivity contribution in [2.45, 2.75) is 106 Å². The van der Waals surface area contributed by atoms with Gasteiger partial charge in [-0.2, -0.15) is 0 Å². The van der Waals surface area contributed by atoms with E-state index in [0.29, 0.717) is 23.0 Å². The van der Waals surface area contributed by atoms with Gasteiger partial charge in [-0.3, -0.25) is 19.3 Å². The van der Waals surface area contributed by atoms with Gasteiger partial charge < -0.3 is 20.1 Å². The Labute approximate surface area is 329 Å². The minimum atomic E-state index is -3.79. The fraction of sp³-hybridized carbons (Fsp3) is 0.614. The molecular weight excluding hydrogens is 719 g/mol. The summed E-state index contributed by atoms with van der Waals surface area (Å²) in [5, 5.41) is 34.0. The van der Waals surface area contributed by atoms with Crippen LogP contribution in [0.15, 0.2) is 83.6 Å². The number of carbonyl (C=O) groups is 3. The van der Waals surface area contributed by atoms with Crippen LogP contribution in [0.4, 0.5) is 0 Å². The summed E-state index contributed by atoms with van der Waals surface area (Å²) in [7, 11) is -3.79. The molecule has 2 fully saturated rings. The Balaban J connectivity index is 1.96. The molecular formula is C44H65NO9S. The lowest BCUT2D eigenvalue weighted by atomic mass is 9.70. The number of carbonyl (C=O) groups excluding carboxylic acids is 3. The van der Waals surface area contributed by atoms with Gasteiger partial charge in [0.1, 0.15) is 18.3 Å². The summed E-state index contributed by atoms with van der Waals surface area (Å²) in [4.78, 5) is 41.9. The van der Waals surface area contributed by atoms with E-state index in [1.54, 1.807) is 30.9 Å². The number of hydrogen-bond donors (Lipinski definition) is 3. The van der Waals surface area contributed by atoms with E-state index in [-0.39, 0.29) is 36.3 Å². The minimum Gasteiger partial charge on any atom is -0.460 e. The zero-order chi connectivity index (χ0) is 41.2. The summed E-state index contributed by atoms with van der Waals surface area (Å²) < 4.78 is 32.3. The Morgan fingerprint density at radius 2 is 1.36 bits per heavy atom. The average molecular weight is 784 g/mol. The third-order valence-corrected chi connectivity index (χ3v) is 12.4. The van der Waals surface area contributed by atoms with Gasteiger partial charge in [-0.15, -0.1) is 0 Å². The maximum absolute atomic E-state index is 13.9. The number of allylic oxidation sites excluding steroid dienone is 10. The number of nitrogens with zero attached hydrogens (tertiary/aromatic N) is 1. The van der Waals surface area contributed by atoms with E-state index in [1.165, 1.54) is 13.0 Å². The van der Waals surface area contributed by atoms with Gasteiger partial charge in [-0.25, -0.2) is 8.42 Å². The summed E-state index contributed by atoms with van der Waals surface area (Å²) in [5.74, 6) is -4.63. The molecule has 0 aromatic rings. The van der Waals surface area contributed by atoms with Crippen molar-refractivity contribution < 1.29 is 42.9 Å². The van der Waals surface area contributed by atoms with Crippen LogP contribution in [0.3, 0.4) is 0 Å². The van der Waals surface area contributed by atoms with E-state index in [4.69, 9.17) is 4.74 Å². The monoisotopic (exact) mass is 783 g/mol. The topological polar surface area (TPSA) is 159 Å². The SMILES string of the molecule is CC(=O)O[C@@H]1[C@H](C(C)=CC=C[C@@H](C)C=CCC(C)C)[C@@H](O)C(=O)[C@H]2CS(=O)(=O)CCN(CC3=C[C@H](O)[C@H](C(C)=CC=C[C@H](C)C=CCC(C)C)[C@@H](O)C3=O)[C@H]12. The van der Waals surface area contributed by atoms with Crippen molar-refractivity contribution in [3.8, 4) is 0 Å². The van der Waals surface area contributed by atoms with E-state index < -0.39 is 81.3 Å². The number of ether oxygens (including phenoxy) is 1. The fourth-order valence-electron chi connectivity index (χ4n) is 7.66. The molecule has 0 aromatic carbocycles. The largest absolute Gasteiger partial charge is 0.460 e. The number of ketones is 2. The summed E-state index contributed by atoms with van der Waals surface area (Å²) in [6.45, 7) is 17.1. The number of rotatable bonds is 15. The van der Waals surface area contributed by atoms with Crippen LogP contribution >= 0.6 is 0 Å². The molecule has 0 amide bonds. The van der Waals surface area contributed by atoms with E-state index >= 15 is 0 Å². The minimum absolute atomic E-state index is 0.0629. The Morgan fingerprint density at radius 1 is 0.836 bits per heavy atom. The molecule has 11 heteroatoms. The molecule has 0 radical (unpaired) electrons. The van der Waals surface area contributed by atoms with Crippen LogP contribution in [0.2, 0.25) is 0 Å². The molecule has 1 saturated heterocycles. The third-order valence-electron chi connectivity index (χ3n) is 10.7. The summed E-state index contributed by atoms with van der Waals surface area (Å²) in [5.41, 5.74) is 1.24. The van der Waals surface area contributed by atoms with Crippen LogP contribution in [-0.4, -0.2) is 101 Å². The zero-order valence-corrected chi connectivity index (χ0v) is 35.0. The van der Waals surface area contributed by atoms with E-state index in [2.05, 4.69) is 58.9 Å². The molecule has 3 rings (SSSR count). The molecule has 55 heavy (non-hydrogen) atoms. The predicted molar refractivity (Wildman–Crippen MR) is 217 cm³/mol. The van der Waals surface area contributed by atoms with Crippen LogP contribution in [0.1, 0.15) is 75.2 Å². The molecule has 3 N–H and O–H groups in total. The van der Waals surface area contributed by atoms with Crippen molar-refractivity contribution in [3.05, 3.63) is 83.6 Å². The number of Topliss-reactive ketones (excluding diaryl/α,β-unsaturated/α-hetero) is 2. The summed E-state index contributed by atoms with van der Waals surface area (Å²) in [6, 6.07) is -1.02. The van der Waals surface area contributed by atoms with Crippen LogP contribution in [-0.2, 0) is 29.0 Å². The zero-order valence-electron chi connectivity index (χ0n) is 34.2. The number of aliphatic hydroxyl groups excluding tert-OH is 3. The first-order valence-electron chi connectivity index (χ1n) is 19.7. The van der Waals surface area contributed by atoms with Crippen LogP contribution in [0.25, 0.3) is 0 Å². The lowest BCUT2D eigenvalue weighted by Crippen LogP contribution is -2.64. The van der Waals surface area contributed by atoms with Gasteiger partial charge in [0.05, 0.1) is 35.5 Å². The molecule has 0 bridgehead atoms. The van der Waals surface area contributed by atoms with Crippen molar-refractivity contribution in [1.82, 2.24) is 4.90 Å². The Kier molecular flexibility index (Phi) is 17.5. The molecule has 0 spiro atoms. The van der Waals surface area contributed by atoms with Crippen molar-refractivity contribution in [2.24, 2.45) is 41.4 Å². The molecule has 10 nitrogen and oxygen atoms in total. The summed E-state index contributed by atoms with van der Waals surface area (Å²) in [6.07, 6.45) is 17.4. The van der Waals surface area contributed by atoms with Gasteiger partial charge in [0, 0.05) is 31.5 Å². The summed E-state index contributed by atoms with van der Waals surface area (Å²) >= 11 is 0. The Hall–Kier alpha value is -3.22. The highest BCUT2D eigenvalue weighted by atomic mass is 32.2. The molecule has 1 saturated carbocycles. The molecule has 0 unspecified atom stereocenters. The molecule has 1 heterocycles. The van der Waals surface area contributed by atoms with Gasteiger partial charge in [-0.05, 0) is 56.4 Å². The van der Waals surface area contributed by atoms with Gasteiger partial charge in [0.15, 0.2) is 21.4 Å². The van der Waals surface area contributed by atoms with Gasteiger partial charge >= 0.3 is 5.97 Å². The first-order valence-corrected chi connectivity index (χ1v) is 21.5. The van der Waals surface area contributed by atoms with Crippen molar-refractivity contribution in [1.29, 1.82) is 0 Å². The quantitative estimate of drug-likeness (QED) is 0.110. The van der Waals surface area contributed by atoms with Gasteiger partial charge in [0.2, 0.25) is 0 Å². The average Bonchev–Trinajstić information content (AvgIpc) is 3.20. The number of hydrogen-bond acceptors (Lipinski definition) is 10. The number of fused-ring (bicyclic) bond motifs is 1. The molecule has 2 aliphatic carbocycles. The lowest BCUT2D eigenvalue weighted by Gasteiger charge is -2.47. The van der Waals surface area contributed by atoms with Crippen molar-refractivity contribution in [2.75, 3.05) is 24.6 Å². The van der Waals surface area contributed by atoms with Crippen LogP contribution < -0.4 is 0 Å². The predicted octanol–water partition coefficient (Wildman–Crippen LogP) is 5.52. The number of aliphatic hydroxyl groups is 3. The van der Waals surface area contributed by atoms with E-state index in [0.717, 1.165) is 12.8 Å². The van der Waals surface area contributed by atoms with E-state index in [9.17, 15) is 38.1 Å². The standard InChI is InChI=1S/C44H65NO9S/c1-27(2)14-10-16-29(5)18-12-20-31(7)37-36(47)24-34(40(48)42(37)50)25-45-22-23-55(52,53)26-35-39(45)44(54-33(9)46)38(43(51)41(35)49)32(8)21-13-19-30(6)17-11-15-28(3)4/h10-13,16-21,24,27-30,35-39,42-44,47,50-51H,14-15,22-23,25-26H2,1-9H3/t29-,30+,35+,36+,37+,38-,39+,42-,43-,44-/m1/s1. The second kappa shape index (κ2) is 20.8. The second-order valence-electron chi connectivity index (χ2n) is 16.6.